The van der Waals surface area contributed by atoms with Crippen molar-refractivity contribution in [3.63, 3.8) is 0 Å². The summed E-state index contributed by atoms with van der Waals surface area (Å²) >= 11 is 0. The molecule has 1 amide bonds. The number of aliphatic hydroxyl groups excluding tert-OH is 1. The number of rotatable bonds is 8. The number of nitrogens with one attached hydrogen (secondary N) is 1. The normalized spacial score (nSPS) is 17.4. The molecule has 1 fully saturated rings. The Bertz CT molecular complexity index is 531. The van der Waals surface area contributed by atoms with Gasteiger partial charge in [-0.25, -0.2) is 0 Å². The lowest BCUT2D eigenvalue weighted by molar-refractivity contribution is -0.126. The lowest BCUT2D eigenvalue weighted by Gasteiger charge is -2.32. The fourth-order valence-corrected chi connectivity index (χ4v) is 3.66. The Balaban J connectivity index is 1.75. The van der Waals surface area contributed by atoms with Gasteiger partial charge in [0.2, 0.25) is 5.91 Å². The lowest BCUT2D eigenvalue weighted by Crippen LogP contribution is -2.42. The molecular weight excluding hydrogens is 312 g/mol. The highest BCUT2D eigenvalue weighted by molar-refractivity contribution is 5.78. The summed E-state index contributed by atoms with van der Waals surface area (Å²) in [5.41, 5.74) is 3.37. The summed E-state index contributed by atoms with van der Waals surface area (Å²) in [6.07, 6.45) is 4.74. The SMILES string of the molecule is CCCCCNC(=O)C1CCN(CC(O)c2cc(C)cc(C)c2)CC1. The molecule has 0 bridgehead atoms. The van der Waals surface area contributed by atoms with E-state index in [1.807, 2.05) is 0 Å². The third-order valence-corrected chi connectivity index (χ3v) is 5.10. The quantitative estimate of drug-likeness (QED) is 0.710. The Hall–Kier alpha value is -1.39. The van der Waals surface area contributed by atoms with Gasteiger partial charge in [-0.3, -0.25) is 4.79 Å². The van der Waals surface area contributed by atoms with E-state index >= 15 is 0 Å². The zero-order chi connectivity index (χ0) is 18.2. The van der Waals surface area contributed by atoms with Crippen molar-refractivity contribution in [2.45, 2.75) is 59.0 Å². The molecule has 1 heterocycles. The first-order chi connectivity index (χ1) is 12.0. The third kappa shape index (κ3) is 6.44. The van der Waals surface area contributed by atoms with Gasteiger partial charge in [0.05, 0.1) is 6.10 Å². The van der Waals surface area contributed by atoms with Crippen LogP contribution in [0.5, 0.6) is 0 Å². The number of aliphatic hydroxyl groups is 1. The van der Waals surface area contributed by atoms with Gasteiger partial charge in [-0.15, -0.1) is 0 Å². The molecule has 1 aliphatic heterocycles. The molecule has 140 valence electrons. The molecule has 1 aliphatic rings. The molecule has 0 radical (unpaired) electrons. The van der Waals surface area contributed by atoms with Crippen LogP contribution in [0.25, 0.3) is 0 Å². The highest BCUT2D eigenvalue weighted by Gasteiger charge is 2.26. The van der Waals surface area contributed by atoms with E-state index in [0.717, 1.165) is 44.5 Å². The fourth-order valence-electron chi connectivity index (χ4n) is 3.66. The van der Waals surface area contributed by atoms with E-state index in [4.69, 9.17) is 0 Å². The van der Waals surface area contributed by atoms with Gasteiger partial charge >= 0.3 is 0 Å². The molecule has 0 aliphatic carbocycles. The maximum absolute atomic E-state index is 12.2. The van der Waals surface area contributed by atoms with E-state index in [1.54, 1.807) is 0 Å². The van der Waals surface area contributed by atoms with E-state index in [-0.39, 0.29) is 11.8 Å². The average Bonchev–Trinajstić information content (AvgIpc) is 2.58. The number of amides is 1. The van der Waals surface area contributed by atoms with Crippen LogP contribution >= 0.6 is 0 Å². The van der Waals surface area contributed by atoms with Gasteiger partial charge in [0.1, 0.15) is 0 Å². The van der Waals surface area contributed by atoms with E-state index < -0.39 is 6.10 Å². The Morgan fingerprint density at radius 2 is 1.84 bits per heavy atom. The summed E-state index contributed by atoms with van der Waals surface area (Å²) in [6.45, 7) is 9.52. The molecule has 1 unspecified atom stereocenters. The topological polar surface area (TPSA) is 52.6 Å². The van der Waals surface area contributed by atoms with Crippen LogP contribution < -0.4 is 5.32 Å². The van der Waals surface area contributed by atoms with Crippen molar-refractivity contribution >= 4 is 5.91 Å². The monoisotopic (exact) mass is 346 g/mol. The maximum Gasteiger partial charge on any atom is 0.223 e. The van der Waals surface area contributed by atoms with Crippen LogP contribution in [-0.2, 0) is 4.79 Å². The van der Waals surface area contributed by atoms with Crippen molar-refractivity contribution in [1.29, 1.82) is 0 Å². The summed E-state index contributed by atoms with van der Waals surface area (Å²) in [6, 6.07) is 6.25. The van der Waals surface area contributed by atoms with Crippen molar-refractivity contribution < 1.29 is 9.90 Å². The smallest absolute Gasteiger partial charge is 0.223 e. The second-order valence-electron chi connectivity index (χ2n) is 7.51. The number of β-amino-alcohol motifs (C(OH)–C–C–N with tert-alkyl or cyclic N) is 1. The van der Waals surface area contributed by atoms with E-state index in [2.05, 4.69) is 49.2 Å². The van der Waals surface area contributed by atoms with Gasteiger partial charge in [-0.1, -0.05) is 49.1 Å². The summed E-state index contributed by atoms with van der Waals surface area (Å²) in [5, 5.41) is 13.6. The molecule has 0 spiro atoms. The second-order valence-corrected chi connectivity index (χ2v) is 7.51. The van der Waals surface area contributed by atoms with Crippen LogP contribution in [0.1, 0.15) is 61.8 Å². The minimum absolute atomic E-state index is 0.135. The number of unbranched alkanes of at least 4 members (excludes halogenated alkanes) is 2. The molecule has 1 atom stereocenters. The van der Waals surface area contributed by atoms with Crippen LogP contribution in [0, 0.1) is 19.8 Å². The largest absolute Gasteiger partial charge is 0.387 e. The van der Waals surface area contributed by atoms with E-state index in [0.29, 0.717) is 6.54 Å². The van der Waals surface area contributed by atoms with Crippen molar-refractivity contribution in [2.24, 2.45) is 5.92 Å². The second kappa shape index (κ2) is 9.93. The van der Waals surface area contributed by atoms with E-state index in [1.165, 1.54) is 24.0 Å². The van der Waals surface area contributed by atoms with Gasteiger partial charge in [0.25, 0.3) is 0 Å². The number of likely N-dealkylation sites (tertiary alicyclic amines) is 1. The molecule has 0 saturated carbocycles. The molecule has 1 aromatic carbocycles. The molecule has 1 aromatic rings. The number of hydrogen-bond donors (Lipinski definition) is 2. The van der Waals surface area contributed by atoms with Crippen LogP contribution in [0.3, 0.4) is 0 Å². The highest BCUT2D eigenvalue weighted by atomic mass is 16.3. The summed E-state index contributed by atoms with van der Waals surface area (Å²) in [5.74, 6) is 0.349. The number of carbonyl (C=O) groups excluding carboxylic acids is 1. The lowest BCUT2D eigenvalue weighted by atomic mass is 9.95. The highest BCUT2D eigenvalue weighted by Crippen LogP contribution is 2.22. The van der Waals surface area contributed by atoms with Crippen LogP contribution in [-0.4, -0.2) is 42.1 Å². The Labute approximate surface area is 152 Å². The van der Waals surface area contributed by atoms with Crippen molar-refractivity contribution in [3.8, 4) is 0 Å². The molecule has 4 nitrogen and oxygen atoms in total. The van der Waals surface area contributed by atoms with Crippen molar-refractivity contribution in [1.82, 2.24) is 10.2 Å². The number of piperidine rings is 1. The number of benzene rings is 1. The van der Waals surface area contributed by atoms with Gasteiger partial charge in [0.15, 0.2) is 0 Å². The first-order valence-corrected chi connectivity index (χ1v) is 9.76. The molecule has 2 N–H and O–H groups in total. The number of carbonyl (C=O) groups is 1. The van der Waals surface area contributed by atoms with Gasteiger partial charge < -0.3 is 15.3 Å². The minimum Gasteiger partial charge on any atom is -0.387 e. The minimum atomic E-state index is -0.460. The summed E-state index contributed by atoms with van der Waals surface area (Å²) in [4.78, 5) is 14.5. The summed E-state index contributed by atoms with van der Waals surface area (Å²) in [7, 11) is 0. The van der Waals surface area contributed by atoms with Crippen molar-refractivity contribution in [2.75, 3.05) is 26.2 Å². The van der Waals surface area contributed by atoms with Crippen LogP contribution in [0.15, 0.2) is 18.2 Å². The molecule has 1 saturated heterocycles. The fraction of sp³-hybridized carbons (Fsp3) is 0.667. The van der Waals surface area contributed by atoms with E-state index in [9.17, 15) is 9.90 Å². The third-order valence-electron chi connectivity index (χ3n) is 5.10. The molecular formula is C21H34N2O2. The van der Waals surface area contributed by atoms with Crippen molar-refractivity contribution in [3.05, 3.63) is 34.9 Å². The predicted molar refractivity (Wildman–Crippen MR) is 103 cm³/mol. The molecule has 0 aromatic heterocycles. The first-order valence-electron chi connectivity index (χ1n) is 9.76. The van der Waals surface area contributed by atoms with Crippen LogP contribution in [0.4, 0.5) is 0 Å². The number of aryl methyl sites for hydroxylation is 2. The average molecular weight is 347 g/mol. The Morgan fingerprint density at radius 1 is 1.20 bits per heavy atom. The maximum atomic E-state index is 12.2. The first kappa shape index (κ1) is 19.9. The zero-order valence-electron chi connectivity index (χ0n) is 16.1. The zero-order valence-corrected chi connectivity index (χ0v) is 16.1. The predicted octanol–water partition coefficient (Wildman–Crippen LogP) is 3.36. The Morgan fingerprint density at radius 3 is 2.44 bits per heavy atom. The molecule has 4 heteroatoms. The Kier molecular flexibility index (Phi) is 7.91. The van der Waals surface area contributed by atoms with Gasteiger partial charge in [-0.2, -0.15) is 0 Å². The molecule has 25 heavy (non-hydrogen) atoms. The van der Waals surface area contributed by atoms with Gasteiger partial charge in [-0.05, 0) is 51.8 Å². The summed E-state index contributed by atoms with van der Waals surface area (Å²) < 4.78 is 0. The van der Waals surface area contributed by atoms with Gasteiger partial charge in [0, 0.05) is 19.0 Å². The molecule has 2 rings (SSSR count). The number of hydrogen-bond acceptors (Lipinski definition) is 3. The standard InChI is InChI=1S/C21H34N2O2/c1-4-5-6-9-22-21(25)18-7-10-23(11-8-18)15-20(24)19-13-16(2)12-17(3)14-19/h12-14,18,20,24H,4-11,15H2,1-3H3,(H,22,25). The number of nitrogens with zero attached hydrogens (tertiary/aromatic N) is 1. The van der Waals surface area contributed by atoms with Crippen LogP contribution in [0.2, 0.25) is 0 Å².